The fraction of sp³-hybridized carbons (Fsp3) is 0.842. The molecule has 4 aliphatic carbocycles. The lowest BCUT2D eigenvalue weighted by molar-refractivity contribution is -0.138. The number of halogens is 1. The summed E-state index contributed by atoms with van der Waals surface area (Å²) in [6, 6.07) is 0. The minimum absolute atomic E-state index is 0.00466. The van der Waals surface area contributed by atoms with E-state index in [1.807, 2.05) is 6.92 Å². The molecule has 0 heterocycles. The smallest absolute Gasteiger partial charge is 0.164 e. The molecule has 0 aromatic heterocycles. The van der Waals surface area contributed by atoms with Crippen LogP contribution < -0.4 is 5.73 Å². The summed E-state index contributed by atoms with van der Waals surface area (Å²) < 4.78 is 14.9. The van der Waals surface area contributed by atoms with Gasteiger partial charge in [0.05, 0.1) is 6.10 Å². The Morgan fingerprint density at radius 2 is 1.87 bits per heavy atom. The molecule has 4 aliphatic rings. The Morgan fingerprint density at radius 1 is 1.17 bits per heavy atom. The number of fused-ring (bicyclic) bond motifs is 5. The van der Waals surface area contributed by atoms with Crippen molar-refractivity contribution >= 4 is 5.78 Å². The van der Waals surface area contributed by atoms with Crippen molar-refractivity contribution in [3.63, 3.8) is 0 Å². The molecule has 3 saturated carbocycles. The van der Waals surface area contributed by atoms with Crippen molar-refractivity contribution < 1.29 is 14.3 Å². The molecule has 0 amide bonds. The van der Waals surface area contributed by atoms with E-state index in [9.17, 15) is 14.3 Å². The second kappa shape index (κ2) is 4.66. The normalized spacial score (nSPS) is 55.7. The second-order valence-corrected chi connectivity index (χ2v) is 8.98. The molecule has 3 unspecified atom stereocenters. The van der Waals surface area contributed by atoms with Crippen LogP contribution in [0.25, 0.3) is 0 Å². The Balaban J connectivity index is 1.76. The number of aliphatic hydroxyl groups is 1. The molecular formula is C19H28FNO2. The number of nitrogens with two attached hydrogens (primary N) is 1. The number of carbonyl (C=O) groups excluding carboxylic acids is 1. The van der Waals surface area contributed by atoms with Crippen LogP contribution in [0.5, 0.6) is 0 Å². The highest BCUT2D eigenvalue weighted by Gasteiger charge is 2.65. The Bertz CT molecular complexity index is 586. The van der Waals surface area contributed by atoms with Gasteiger partial charge in [-0.2, -0.15) is 0 Å². The number of carbonyl (C=O) groups is 1. The Morgan fingerprint density at radius 3 is 2.61 bits per heavy atom. The fourth-order valence-corrected chi connectivity index (χ4v) is 6.41. The monoisotopic (exact) mass is 321 g/mol. The van der Waals surface area contributed by atoms with E-state index < -0.39 is 11.2 Å². The summed E-state index contributed by atoms with van der Waals surface area (Å²) in [5, 5.41) is 9.99. The number of hydrogen-bond donors (Lipinski definition) is 2. The fourth-order valence-electron chi connectivity index (χ4n) is 6.41. The third-order valence-corrected chi connectivity index (χ3v) is 8.08. The predicted octanol–water partition coefficient (Wildman–Crippen LogP) is 3.11. The molecule has 3 fully saturated rings. The van der Waals surface area contributed by atoms with Gasteiger partial charge in [0.15, 0.2) is 11.6 Å². The summed E-state index contributed by atoms with van der Waals surface area (Å²) in [6.45, 7) is 4.22. The van der Waals surface area contributed by atoms with E-state index in [0.29, 0.717) is 12.8 Å². The Kier molecular flexibility index (Phi) is 3.20. The molecule has 7 atom stereocenters. The molecule has 0 aromatic rings. The summed E-state index contributed by atoms with van der Waals surface area (Å²) >= 11 is 0. The number of alkyl halides is 1. The van der Waals surface area contributed by atoms with E-state index in [2.05, 4.69) is 6.92 Å². The molecule has 4 rings (SSSR count). The summed E-state index contributed by atoms with van der Waals surface area (Å²) in [7, 11) is 0. The Hall–Kier alpha value is -0.740. The first-order valence-electron chi connectivity index (χ1n) is 9.10. The minimum Gasteiger partial charge on any atom is -0.393 e. The van der Waals surface area contributed by atoms with E-state index in [1.165, 1.54) is 0 Å². The molecule has 128 valence electrons. The van der Waals surface area contributed by atoms with Gasteiger partial charge in [-0.3, -0.25) is 10.5 Å². The molecule has 4 heteroatoms. The number of allylic oxidation sites excluding steroid dienone is 1. The Labute approximate surface area is 137 Å². The van der Waals surface area contributed by atoms with Gasteiger partial charge in [0.2, 0.25) is 0 Å². The average Bonchev–Trinajstić information content (AvgIpc) is 2.72. The first kappa shape index (κ1) is 15.8. The van der Waals surface area contributed by atoms with Crippen molar-refractivity contribution in [3.05, 3.63) is 11.6 Å². The zero-order chi connectivity index (χ0) is 16.6. The number of hydrogen-bond acceptors (Lipinski definition) is 3. The van der Waals surface area contributed by atoms with Crippen LogP contribution in [0.15, 0.2) is 11.6 Å². The van der Waals surface area contributed by atoms with Crippen LogP contribution in [-0.2, 0) is 4.79 Å². The predicted molar refractivity (Wildman–Crippen MR) is 86.1 cm³/mol. The molecule has 0 spiro atoms. The summed E-state index contributed by atoms with van der Waals surface area (Å²) in [4.78, 5) is 12.9. The summed E-state index contributed by atoms with van der Waals surface area (Å²) in [6.07, 6.45) is 6.57. The second-order valence-electron chi connectivity index (χ2n) is 8.98. The maximum atomic E-state index is 14.9. The lowest BCUT2D eigenvalue weighted by atomic mass is 9.47. The largest absolute Gasteiger partial charge is 0.393 e. The molecule has 0 bridgehead atoms. The van der Waals surface area contributed by atoms with Gasteiger partial charge in [-0.05, 0) is 68.3 Å². The van der Waals surface area contributed by atoms with E-state index in [1.54, 1.807) is 6.08 Å². The maximum absolute atomic E-state index is 14.9. The first-order valence-corrected chi connectivity index (χ1v) is 9.10. The molecule has 0 aromatic carbocycles. The molecule has 23 heavy (non-hydrogen) atoms. The van der Waals surface area contributed by atoms with Crippen molar-refractivity contribution in [1.29, 1.82) is 0 Å². The van der Waals surface area contributed by atoms with Crippen LogP contribution in [0.2, 0.25) is 0 Å². The number of aliphatic hydroxyl groups excluding tert-OH is 1. The molecule has 0 radical (unpaired) electrons. The van der Waals surface area contributed by atoms with Gasteiger partial charge in [0, 0.05) is 11.3 Å². The molecule has 3 N–H and O–H groups in total. The van der Waals surface area contributed by atoms with Crippen molar-refractivity contribution in [2.24, 2.45) is 34.3 Å². The topological polar surface area (TPSA) is 63.3 Å². The van der Waals surface area contributed by atoms with Crippen molar-refractivity contribution in [1.82, 2.24) is 0 Å². The summed E-state index contributed by atoms with van der Waals surface area (Å²) in [5.41, 5.74) is 6.54. The van der Waals surface area contributed by atoms with Gasteiger partial charge in [0.25, 0.3) is 0 Å². The van der Waals surface area contributed by atoms with Gasteiger partial charge in [-0.25, -0.2) is 4.39 Å². The van der Waals surface area contributed by atoms with Crippen LogP contribution in [0.4, 0.5) is 4.39 Å². The molecular weight excluding hydrogens is 293 g/mol. The SMILES string of the molecule is C[C@]12CCC(O)CC1=CC(=O)C1[C@H]2CC[C@@]2(C)[C@H]1CCC2(N)F. The summed E-state index contributed by atoms with van der Waals surface area (Å²) in [5.74, 6) is -1.22. The van der Waals surface area contributed by atoms with Crippen molar-refractivity contribution in [2.75, 3.05) is 0 Å². The van der Waals surface area contributed by atoms with E-state index in [0.717, 1.165) is 37.7 Å². The molecule has 0 saturated heterocycles. The number of ketones is 1. The highest BCUT2D eigenvalue weighted by molar-refractivity contribution is 5.94. The zero-order valence-corrected chi connectivity index (χ0v) is 14.1. The van der Waals surface area contributed by atoms with Gasteiger partial charge in [-0.1, -0.05) is 19.4 Å². The zero-order valence-electron chi connectivity index (χ0n) is 14.1. The lowest BCUT2D eigenvalue weighted by Crippen LogP contribution is -2.58. The third kappa shape index (κ3) is 1.91. The highest BCUT2D eigenvalue weighted by Crippen LogP contribution is 2.66. The van der Waals surface area contributed by atoms with E-state index in [-0.39, 0.29) is 35.1 Å². The van der Waals surface area contributed by atoms with Crippen molar-refractivity contribution in [3.8, 4) is 0 Å². The minimum atomic E-state index is -1.64. The molecule has 3 nitrogen and oxygen atoms in total. The number of rotatable bonds is 0. The van der Waals surface area contributed by atoms with Crippen molar-refractivity contribution in [2.45, 2.75) is 70.7 Å². The van der Waals surface area contributed by atoms with E-state index >= 15 is 0 Å². The standard InChI is InChI=1S/C19H28FNO2/c1-17-6-3-12(22)9-11(17)10-15(23)16-13(17)4-7-18(2)14(16)5-8-19(18,20)21/h10,12-14,16,22H,3-9,21H2,1-2H3/t12?,13-,14+,16?,17+,18+,19?/m1/s1. The van der Waals surface area contributed by atoms with Gasteiger partial charge < -0.3 is 5.11 Å². The van der Waals surface area contributed by atoms with Crippen LogP contribution in [0, 0.1) is 28.6 Å². The van der Waals surface area contributed by atoms with Gasteiger partial charge in [0.1, 0.15) is 0 Å². The lowest BCUT2D eigenvalue weighted by Gasteiger charge is -2.57. The van der Waals surface area contributed by atoms with Gasteiger partial charge >= 0.3 is 0 Å². The average molecular weight is 321 g/mol. The quantitative estimate of drug-likeness (QED) is 0.674. The molecule has 0 aliphatic heterocycles. The first-order chi connectivity index (χ1) is 10.7. The van der Waals surface area contributed by atoms with E-state index in [4.69, 9.17) is 5.73 Å². The highest BCUT2D eigenvalue weighted by atomic mass is 19.1. The van der Waals surface area contributed by atoms with Crippen LogP contribution in [0.3, 0.4) is 0 Å². The van der Waals surface area contributed by atoms with Crippen LogP contribution in [0.1, 0.15) is 58.8 Å². The van der Waals surface area contributed by atoms with Crippen LogP contribution >= 0.6 is 0 Å². The van der Waals surface area contributed by atoms with Gasteiger partial charge in [-0.15, -0.1) is 0 Å². The third-order valence-electron chi connectivity index (χ3n) is 8.08. The maximum Gasteiger partial charge on any atom is 0.164 e. The van der Waals surface area contributed by atoms with Crippen LogP contribution in [-0.4, -0.2) is 22.8 Å².